The highest BCUT2D eigenvalue weighted by atomic mass is 16.5. The molecule has 116 valence electrons. The van der Waals surface area contributed by atoms with E-state index in [1.54, 1.807) is 0 Å². The number of rotatable bonds is 6. The number of ether oxygens (including phenoxy) is 1. The van der Waals surface area contributed by atoms with Gasteiger partial charge in [0, 0.05) is 5.92 Å². The first-order valence-corrected chi connectivity index (χ1v) is 7.93. The van der Waals surface area contributed by atoms with Crippen LogP contribution in [-0.2, 0) is 9.53 Å². The van der Waals surface area contributed by atoms with E-state index >= 15 is 0 Å². The predicted octanol–water partition coefficient (Wildman–Crippen LogP) is 4.13. The third-order valence-electron chi connectivity index (χ3n) is 4.32. The summed E-state index contributed by atoms with van der Waals surface area (Å²) in [6.07, 6.45) is 6.99. The molecule has 0 amide bonds. The molecule has 3 heteroatoms. The number of allylic oxidation sites excluding steroid dienone is 1. The maximum atomic E-state index is 11.3. The highest BCUT2D eigenvalue weighted by molar-refractivity contribution is 5.70. The van der Waals surface area contributed by atoms with Crippen LogP contribution in [-0.4, -0.2) is 23.3 Å². The Labute approximate surface area is 123 Å². The molecule has 5 atom stereocenters. The first-order chi connectivity index (χ1) is 9.36. The Morgan fingerprint density at radius 3 is 2.45 bits per heavy atom. The van der Waals surface area contributed by atoms with Crippen molar-refractivity contribution in [2.75, 3.05) is 0 Å². The summed E-state index contributed by atoms with van der Waals surface area (Å²) in [5, 5.41) is 9.30. The van der Waals surface area contributed by atoms with Crippen LogP contribution in [0.4, 0.5) is 0 Å². The summed E-state index contributed by atoms with van der Waals surface area (Å²) < 4.78 is 6.18. The van der Waals surface area contributed by atoms with Gasteiger partial charge < -0.3 is 9.84 Å². The Balaban J connectivity index is 2.73. The molecule has 3 nitrogen and oxygen atoms in total. The first kappa shape index (κ1) is 17.2. The lowest BCUT2D eigenvalue weighted by Crippen LogP contribution is -2.42. The van der Waals surface area contributed by atoms with Crippen molar-refractivity contribution in [3.63, 3.8) is 0 Å². The molecular formula is C17H30O3. The van der Waals surface area contributed by atoms with Gasteiger partial charge in [-0.05, 0) is 31.1 Å². The second-order valence-electron chi connectivity index (χ2n) is 6.53. The largest absolute Gasteiger partial charge is 0.481 e. The van der Waals surface area contributed by atoms with E-state index in [1.165, 1.54) is 0 Å². The van der Waals surface area contributed by atoms with Gasteiger partial charge in [-0.1, -0.05) is 46.8 Å². The van der Waals surface area contributed by atoms with Crippen LogP contribution in [0.25, 0.3) is 0 Å². The SMILES string of the molecule is CC[C@H](C(=O)O)[C@H]1CC[C@H](C)[C@H]([C@H](C)/C=C/C(C)C)O1. The Morgan fingerprint density at radius 2 is 1.95 bits per heavy atom. The van der Waals surface area contributed by atoms with Gasteiger partial charge in [-0.2, -0.15) is 0 Å². The average Bonchev–Trinajstić information content (AvgIpc) is 2.38. The van der Waals surface area contributed by atoms with Gasteiger partial charge in [0.1, 0.15) is 0 Å². The predicted molar refractivity (Wildman–Crippen MR) is 81.6 cm³/mol. The highest BCUT2D eigenvalue weighted by Gasteiger charge is 2.37. The molecule has 1 rings (SSSR count). The summed E-state index contributed by atoms with van der Waals surface area (Å²) in [6.45, 7) is 10.6. The molecule has 1 aliphatic heterocycles. The Hall–Kier alpha value is -0.830. The number of hydrogen-bond donors (Lipinski definition) is 1. The van der Waals surface area contributed by atoms with Crippen LogP contribution >= 0.6 is 0 Å². The molecule has 1 heterocycles. The van der Waals surface area contributed by atoms with Crippen molar-refractivity contribution in [2.45, 2.75) is 66.1 Å². The lowest BCUT2D eigenvalue weighted by molar-refractivity contribution is -0.159. The second kappa shape index (κ2) is 7.82. The van der Waals surface area contributed by atoms with E-state index in [9.17, 15) is 9.90 Å². The number of hydrogen-bond acceptors (Lipinski definition) is 2. The van der Waals surface area contributed by atoms with Gasteiger partial charge in [-0.3, -0.25) is 4.79 Å². The normalized spacial score (nSPS) is 30.6. The molecule has 1 aliphatic rings. The monoisotopic (exact) mass is 282 g/mol. The summed E-state index contributed by atoms with van der Waals surface area (Å²) in [6, 6.07) is 0. The number of aliphatic carboxylic acids is 1. The minimum absolute atomic E-state index is 0.131. The minimum Gasteiger partial charge on any atom is -0.481 e. The summed E-state index contributed by atoms with van der Waals surface area (Å²) in [4.78, 5) is 11.3. The van der Waals surface area contributed by atoms with Crippen molar-refractivity contribution in [3.8, 4) is 0 Å². The third-order valence-corrected chi connectivity index (χ3v) is 4.32. The quantitative estimate of drug-likeness (QED) is 0.745. The summed E-state index contributed by atoms with van der Waals surface area (Å²) in [5.74, 6) is 0.267. The van der Waals surface area contributed by atoms with Crippen LogP contribution in [0.15, 0.2) is 12.2 Å². The van der Waals surface area contributed by atoms with Crippen molar-refractivity contribution in [3.05, 3.63) is 12.2 Å². The first-order valence-electron chi connectivity index (χ1n) is 7.93. The van der Waals surface area contributed by atoms with Gasteiger partial charge in [0.2, 0.25) is 0 Å². The van der Waals surface area contributed by atoms with Crippen molar-refractivity contribution in [1.29, 1.82) is 0 Å². The number of carboxylic acids is 1. The Kier molecular flexibility index (Phi) is 6.74. The van der Waals surface area contributed by atoms with Gasteiger partial charge in [-0.15, -0.1) is 0 Å². The number of carbonyl (C=O) groups is 1. The zero-order chi connectivity index (χ0) is 15.3. The molecule has 0 saturated carbocycles. The second-order valence-corrected chi connectivity index (χ2v) is 6.53. The van der Waals surface area contributed by atoms with Crippen LogP contribution in [0, 0.1) is 23.7 Å². The summed E-state index contributed by atoms with van der Waals surface area (Å²) >= 11 is 0. The molecule has 0 unspecified atom stereocenters. The zero-order valence-corrected chi connectivity index (χ0v) is 13.5. The fraction of sp³-hybridized carbons (Fsp3) is 0.824. The van der Waals surface area contributed by atoms with Crippen molar-refractivity contribution in [1.82, 2.24) is 0 Å². The van der Waals surface area contributed by atoms with Gasteiger partial charge >= 0.3 is 5.97 Å². The van der Waals surface area contributed by atoms with Crippen LogP contribution in [0.1, 0.15) is 53.9 Å². The molecule has 0 aromatic carbocycles. The molecule has 1 saturated heterocycles. The van der Waals surface area contributed by atoms with E-state index < -0.39 is 5.97 Å². The summed E-state index contributed by atoms with van der Waals surface area (Å²) in [5.41, 5.74) is 0. The fourth-order valence-corrected chi connectivity index (χ4v) is 3.04. The van der Waals surface area contributed by atoms with Gasteiger partial charge in [0.25, 0.3) is 0 Å². The molecule has 0 spiro atoms. The van der Waals surface area contributed by atoms with Crippen LogP contribution < -0.4 is 0 Å². The lowest BCUT2D eigenvalue weighted by Gasteiger charge is -2.39. The molecule has 0 radical (unpaired) electrons. The third kappa shape index (κ3) is 4.62. The van der Waals surface area contributed by atoms with Gasteiger partial charge in [-0.25, -0.2) is 0 Å². The molecule has 0 aromatic heterocycles. The van der Waals surface area contributed by atoms with E-state index in [0.29, 0.717) is 24.2 Å². The fourth-order valence-electron chi connectivity index (χ4n) is 3.04. The van der Waals surface area contributed by atoms with Gasteiger partial charge in [0.05, 0.1) is 18.1 Å². The van der Waals surface area contributed by atoms with Crippen molar-refractivity contribution in [2.24, 2.45) is 23.7 Å². The maximum absolute atomic E-state index is 11.3. The molecule has 20 heavy (non-hydrogen) atoms. The highest BCUT2D eigenvalue weighted by Crippen LogP contribution is 2.34. The Bertz CT molecular complexity index is 335. The number of carboxylic acid groups (broad SMARTS) is 1. The van der Waals surface area contributed by atoms with Crippen LogP contribution in [0.5, 0.6) is 0 Å². The van der Waals surface area contributed by atoms with E-state index in [2.05, 4.69) is 39.8 Å². The average molecular weight is 282 g/mol. The van der Waals surface area contributed by atoms with Gasteiger partial charge in [0.15, 0.2) is 0 Å². The van der Waals surface area contributed by atoms with E-state index in [4.69, 9.17) is 4.74 Å². The van der Waals surface area contributed by atoms with Crippen LogP contribution in [0.3, 0.4) is 0 Å². The Morgan fingerprint density at radius 1 is 1.30 bits per heavy atom. The smallest absolute Gasteiger partial charge is 0.309 e. The molecular weight excluding hydrogens is 252 g/mol. The van der Waals surface area contributed by atoms with Crippen LogP contribution in [0.2, 0.25) is 0 Å². The topological polar surface area (TPSA) is 46.5 Å². The molecule has 0 aromatic rings. The van der Waals surface area contributed by atoms with Crippen molar-refractivity contribution >= 4 is 5.97 Å². The molecule has 1 N–H and O–H groups in total. The van der Waals surface area contributed by atoms with E-state index in [1.807, 2.05) is 6.92 Å². The van der Waals surface area contributed by atoms with Crippen molar-refractivity contribution < 1.29 is 14.6 Å². The zero-order valence-electron chi connectivity index (χ0n) is 13.5. The molecule has 0 bridgehead atoms. The van der Waals surface area contributed by atoms with E-state index in [-0.39, 0.29) is 18.1 Å². The molecule has 0 aliphatic carbocycles. The van der Waals surface area contributed by atoms with E-state index in [0.717, 1.165) is 12.8 Å². The summed E-state index contributed by atoms with van der Waals surface area (Å²) in [7, 11) is 0. The minimum atomic E-state index is -0.726. The standard InChI is InChI=1S/C17H30O3/c1-6-14(17(18)19)15-10-9-13(5)16(20-15)12(4)8-7-11(2)3/h7-8,11-16H,6,9-10H2,1-5H3,(H,18,19)/b8-7+/t12-,13+,14+,15-,16+/m1/s1. The lowest BCUT2D eigenvalue weighted by atomic mass is 9.82. The maximum Gasteiger partial charge on any atom is 0.309 e. The molecule has 1 fully saturated rings.